The molecule has 0 spiro atoms. The van der Waals surface area contributed by atoms with Gasteiger partial charge in [-0.2, -0.15) is 5.10 Å². The Balaban J connectivity index is 2.29. The Bertz CT molecular complexity index is 819. The van der Waals surface area contributed by atoms with E-state index in [0.29, 0.717) is 5.56 Å². The molecule has 0 aliphatic rings. The molecule has 0 aliphatic carbocycles. The zero-order valence-electron chi connectivity index (χ0n) is 14.4. The SMILES string of the molecule is CC[C@H](C)NC(=O)c1nn(C)c(Oc2ccc([N+](=O)[O-])cc2F)c1C. The number of rotatable bonds is 6. The van der Waals surface area contributed by atoms with Crippen LogP contribution in [-0.4, -0.2) is 26.7 Å². The van der Waals surface area contributed by atoms with Crippen molar-refractivity contribution in [1.82, 2.24) is 15.1 Å². The van der Waals surface area contributed by atoms with Gasteiger partial charge >= 0.3 is 0 Å². The lowest BCUT2D eigenvalue weighted by atomic mass is 10.2. The molecule has 0 unspecified atom stereocenters. The van der Waals surface area contributed by atoms with Gasteiger partial charge in [0.15, 0.2) is 17.3 Å². The third-order valence-electron chi connectivity index (χ3n) is 3.76. The summed E-state index contributed by atoms with van der Waals surface area (Å²) in [6.07, 6.45) is 0.773. The van der Waals surface area contributed by atoms with Gasteiger partial charge < -0.3 is 10.1 Å². The molecule has 1 atom stereocenters. The lowest BCUT2D eigenvalue weighted by Gasteiger charge is -2.10. The number of carbonyl (C=O) groups is 1. The Labute approximate surface area is 143 Å². The highest BCUT2D eigenvalue weighted by atomic mass is 19.1. The molecule has 1 aromatic heterocycles. The maximum absolute atomic E-state index is 14.0. The average Bonchev–Trinajstić information content (AvgIpc) is 2.84. The molecule has 0 aliphatic heterocycles. The second-order valence-electron chi connectivity index (χ2n) is 5.66. The number of aromatic nitrogens is 2. The third kappa shape index (κ3) is 3.93. The predicted molar refractivity (Wildman–Crippen MR) is 88.3 cm³/mol. The average molecular weight is 350 g/mol. The van der Waals surface area contributed by atoms with Gasteiger partial charge in [-0.15, -0.1) is 0 Å². The van der Waals surface area contributed by atoms with Crippen LogP contribution in [0, 0.1) is 22.9 Å². The molecule has 0 saturated carbocycles. The smallest absolute Gasteiger partial charge is 0.272 e. The Morgan fingerprint density at radius 1 is 1.52 bits per heavy atom. The molecule has 8 nitrogen and oxygen atoms in total. The maximum atomic E-state index is 14.0. The van der Waals surface area contributed by atoms with Crippen LogP contribution >= 0.6 is 0 Å². The molecule has 0 fully saturated rings. The van der Waals surface area contributed by atoms with E-state index >= 15 is 0 Å². The predicted octanol–water partition coefficient (Wildman–Crippen LogP) is 3.10. The van der Waals surface area contributed by atoms with Gasteiger partial charge in [0.1, 0.15) is 0 Å². The van der Waals surface area contributed by atoms with Gasteiger partial charge in [-0.05, 0) is 26.3 Å². The van der Waals surface area contributed by atoms with Gasteiger partial charge in [0.2, 0.25) is 5.88 Å². The van der Waals surface area contributed by atoms with E-state index in [1.807, 2.05) is 13.8 Å². The van der Waals surface area contributed by atoms with Crippen LogP contribution < -0.4 is 10.1 Å². The normalized spacial score (nSPS) is 11.9. The monoisotopic (exact) mass is 350 g/mol. The Morgan fingerprint density at radius 3 is 2.76 bits per heavy atom. The van der Waals surface area contributed by atoms with Crippen molar-refractivity contribution in [3.05, 3.63) is 45.4 Å². The minimum Gasteiger partial charge on any atom is -0.436 e. The Kier molecular flexibility index (Phi) is 5.35. The number of amides is 1. The van der Waals surface area contributed by atoms with Crippen LogP contribution in [0.1, 0.15) is 36.3 Å². The number of halogens is 1. The van der Waals surface area contributed by atoms with Gasteiger partial charge in [-0.1, -0.05) is 6.92 Å². The van der Waals surface area contributed by atoms with Crippen LogP contribution in [0.3, 0.4) is 0 Å². The zero-order valence-corrected chi connectivity index (χ0v) is 14.4. The van der Waals surface area contributed by atoms with E-state index in [-0.39, 0.29) is 35.0 Å². The number of ether oxygens (including phenoxy) is 1. The first-order valence-electron chi connectivity index (χ1n) is 7.70. The number of nitrogens with one attached hydrogen (secondary N) is 1. The van der Waals surface area contributed by atoms with Crippen molar-refractivity contribution in [3.8, 4) is 11.6 Å². The second-order valence-corrected chi connectivity index (χ2v) is 5.66. The van der Waals surface area contributed by atoms with E-state index in [1.54, 1.807) is 14.0 Å². The van der Waals surface area contributed by atoms with E-state index in [0.717, 1.165) is 18.6 Å². The molecule has 0 saturated heterocycles. The fraction of sp³-hybridized carbons (Fsp3) is 0.375. The first kappa shape index (κ1) is 18.4. The summed E-state index contributed by atoms with van der Waals surface area (Å²) < 4.78 is 20.8. The van der Waals surface area contributed by atoms with Gasteiger partial charge in [0, 0.05) is 24.7 Å². The van der Waals surface area contributed by atoms with Crippen molar-refractivity contribution in [2.24, 2.45) is 7.05 Å². The molecule has 0 radical (unpaired) electrons. The number of non-ortho nitro benzene ring substituents is 1. The first-order chi connectivity index (χ1) is 11.7. The second kappa shape index (κ2) is 7.29. The number of nitro groups is 1. The van der Waals surface area contributed by atoms with Crippen molar-refractivity contribution in [1.29, 1.82) is 0 Å². The van der Waals surface area contributed by atoms with Gasteiger partial charge in [0.05, 0.1) is 11.0 Å². The molecule has 25 heavy (non-hydrogen) atoms. The summed E-state index contributed by atoms with van der Waals surface area (Å²) in [5, 5.41) is 17.6. The van der Waals surface area contributed by atoms with E-state index in [1.165, 1.54) is 10.7 Å². The molecule has 1 amide bonds. The number of hydrogen-bond donors (Lipinski definition) is 1. The van der Waals surface area contributed by atoms with E-state index in [4.69, 9.17) is 4.74 Å². The number of hydrogen-bond acceptors (Lipinski definition) is 5. The maximum Gasteiger partial charge on any atom is 0.272 e. The third-order valence-corrected chi connectivity index (χ3v) is 3.76. The van der Waals surface area contributed by atoms with Gasteiger partial charge in [-0.3, -0.25) is 14.9 Å². The number of aryl methyl sites for hydroxylation is 1. The Hall–Kier alpha value is -2.97. The lowest BCUT2D eigenvalue weighted by Crippen LogP contribution is -2.32. The van der Waals surface area contributed by atoms with Gasteiger partial charge in [0.25, 0.3) is 11.6 Å². The topological polar surface area (TPSA) is 99.3 Å². The molecule has 1 heterocycles. The quantitative estimate of drug-likeness (QED) is 0.637. The number of nitrogens with zero attached hydrogens (tertiary/aromatic N) is 3. The molecule has 134 valence electrons. The molecule has 2 aromatic rings. The Morgan fingerprint density at radius 2 is 2.20 bits per heavy atom. The number of nitro benzene ring substituents is 1. The first-order valence-corrected chi connectivity index (χ1v) is 7.70. The minimum atomic E-state index is -0.875. The van der Waals surface area contributed by atoms with E-state index < -0.39 is 10.7 Å². The van der Waals surface area contributed by atoms with Crippen molar-refractivity contribution in [2.45, 2.75) is 33.2 Å². The fourth-order valence-corrected chi connectivity index (χ4v) is 2.16. The van der Waals surface area contributed by atoms with Crippen LogP contribution in [0.2, 0.25) is 0 Å². The highest BCUT2D eigenvalue weighted by Crippen LogP contribution is 2.30. The largest absolute Gasteiger partial charge is 0.436 e. The standard InChI is InChI=1S/C16H19FN4O4/c1-5-9(2)18-15(22)14-10(3)16(20(4)19-14)25-13-7-6-11(21(23)24)8-12(13)17/h6-9H,5H2,1-4H3,(H,18,22)/t9-/m0/s1. The summed E-state index contributed by atoms with van der Waals surface area (Å²) in [5.41, 5.74) is 0.251. The minimum absolute atomic E-state index is 0.00890. The zero-order chi connectivity index (χ0) is 18.7. The molecular formula is C16H19FN4O4. The van der Waals surface area contributed by atoms with Crippen LogP contribution in [0.15, 0.2) is 18.2 Å². The summed E-state index contributed by atoms with van der Waals surface area (Å²) in [5.74, 6) is -1.23. The van der Waals surface area contributed by atoms with Crippen LogP contribution in [0.25, 0.3) is 0 Å². The summed E-state index contributed by atoms with van der Waals surface area (Å²) in [6, 6.07) is 3.07. The van der Waals surface area contributed by atoms with Crippen molar-refractivity contribution in [2.75, 3.05) is 0 Å². The summed E-state index contributed by atoms with van der Waals surface area (Å²) in [4.78, 5) is 22.2. The van der Waals surface area contributed by atoms with Crippen molar-refractivity contribution < 1.29 is 18.8 Å². The van der Waals surface area contributed by atoms with Crippen LogP contribution in [-0.2, 0) is 7.05 Å². The van der Waals surface area contributed by atoms with Gasteiger partial charge in [-0.25, -0.2) is 9.07 Å². The highest BCUT2D eigenvalue weighted by Gasteiger charge is 2.22. The van der Waals surface area contributed by atoms with Crippen LogP contribution in [0.5, 0.6) is 11.6 Å². The van der Waals surface area contributed by atoms with Crippen LogP contribution in [0.4, 0.5) is 10.1 Å². The molecule has 1 N–H and O–H groups in total. The number of benzene rings is 1. The number of carbonyl (C=O) groups excluding carboxylic acids is 1. The molecule has 0 bridgehead atoms. The molecule has 1 aromatic carbocycles. The summed E-state index contributed by atoms with van der Waals surface area (Å²) in [7, 11) is 1.56. The molecule has 9 heteroatoms. The fourth-order valence-electron chi connectivity index (χ4n) is 2.16. The van der Waals surface area contributed by atoms with Crippen molar-refractivity contribution in [3.63, 3.8) is 0 Å². The summed E-state index contributed by atoms with van der Waals surface area (Å²) >= 11 is 0. The van der Waals surface area contributed by atoms with Crippen molar-refractivity contribution >= 4 is 11.6 Å². The van der Waals surface area contributed by atoms with E-state index in [9.17, 15) is 19.3 Å². The highest BCUT2D eigenvalue weighted by molar-refractivity contribution is 5.94. The summed E-state index contributed by atoms with van der Waals surface area (Å²) in [6.45, 7) is 5.46. The lowest BCUT2D eigenvalue weighted by molar-refractivity contribution is -0.385. The molecule has 2 rings (SSSR count). The molecular weight excluding hydrogens is 331 g/mol. The van der Waals surface area contributed by atoms with E-state index in [2.05, 4.69) is 10.4 Å².